The Morgan fingerprint density at radius 3 is 2.48 bits per heavy atom. The maximum atomic E-state index is 15.1. The van der Waals surface area contributed by atoms with Gasteiger partial charge in [0.25, 0.3) is 11.8 Å². The number of anilines is 2. The number of carbonyl (C=O) groups excluding carboxylic acids is 5. The Balaban J connectivity index is 0.732. The summed E-state index contributed by atoms with van der Waals surface area (Å²) in [4.78, 5) is 86.0. The van der Waals surface area contributed by atoms with E-state index in [2.05, 4.69) is 35.5 Å². The summed E-state index contributed by atoms with van der Waals surface area (Å²) in [5, 5.41) is 5.21. The second-order valence-corrected chi connectivity index (χ2v) is 16.9. The van der Waals surface area contributed by atoms with E-state index in [1.807, 2.05) is 24.5 Å². The minimum atomic E-state index is -1.03. The highest BCUT2D eigenvalue weighted by atomic mass is 32.2. The Labute approximate surface area is 370 Å². The van der Waals surface area contributed by atoms with E-state index < -0.39 is 41.3 Å². The maximum absolute atomic E-state index is 15.1. The number of imidazole rings is 1. The van der Waals surface area contributed by atoms with E-state index in [9.17, 15) is 24.0 Å². The first-order valence-electron chi connectivity index (χ1n) is 20.9. The number of pyridine rings is 1. The highest BCUT2D eigenvalue weighted by molar-refractivity contribution is 7.99. The van der Waals surface area contributed by atoms with Crippen LogP contribution in [-0.2, 0) is 30.4 Å². The van der Waals surface area contributed by atoms with E-state index in [0.717, 1.165) is 16.7 Å². The van der Waals surface area contributed by atoms with Gasteiger partial charge in [-0.05, 0) is 63.1 Å². The number of fused-ring (bicyclic) bond motifs is 2. The zero-order valence-corrected chi connectivity index (χ0v) is 36.3. The molecule has 0 spiro atoms. The number of hydrogen-bond acceptors (Lipinski definition) is 14. The normalized spacial score (nSPS) is 16.9. The molecule has 17 nitrogen and oxygen atoms in total. The molecular weight excluding hydrogens is 851 g/mol. The number of hydrogen-bond donors (Lipinski definition) is 2. The molecule has 3 aliphatic rings. The summed E-state index contributed by atoms with van der Waals surface area (Å²) < 4.78 is 43.3. The van der Waals surface area contributed by atoms with Crippen molar-refractivity contribution in [3.05, 3.63) is 89.0 Å². The first-order valence-corrected chi connectivity index (χ1v) is 21.9. The Bertz CT molecular complexity index is 2620. The number of carbonyl (C=O) groups is 5. The van der Waals surface area contributed by atoms with Crippen LogP contribution in [0.5, 0.6) is 0 Å². The monoisotopic (exact) mass is 896 g/mol. The smallest absolute Gasteiger partial charge is 0.263 e. The number of nitrogens with one attached hydrogen (secondary N) is 2. The molecule has 1 atom stereocenters. The summed E-state index contributed by atoms with van der Waals surface area (Å²) in [6, 6.07) is 10.6. The summed E-state index contributed by atoms with van der Waals surface area (Å²) in [6.45, 7) is 9.55. The third-order valence-electron chi connectivity index (χ3n) is 11.2. The van der Waals surface area contributed by atoms with Crippen molar-refractivity contribution in [1.29, 1.82) is 0 Å². The van der Waals surface area contributed by atoms with Crippen molar-refractivity contribution >= 4 is 64.1 Å². The molecule has 2 saturated heterocycles. The van der Waals surface area contributed by atoms with Gasteiger partial charge in [0.05, 0.1) is 42.7 Å². The molecule has 3 aromatic heterocycles. The fourth-order valence-corrected chi connectivity index (χ4v) is 9.03. The number of thioether (sulfide) groups is 1. The molecule has 0 bridgehead atoms. The molecule has 0 aliphatic carbocycles. The summed E-state index contributed by atoms with van der Waals surface area (Å²) in [5.41, 5.74) is 2.42. The molecule has 5 amide bonds. The molecule has 64 heavy (non-hydrogen) atoms. The minimum Gasteiger partial charge on any atom is -0.378 e. The van der Waals surface area contributed by atoms with Crippen LogP contribution < -0.4 is 10.6 Å². The fourth-order valence-electron chi connectivity index (χ4n) is 8.09. The zero-order chi connectivity index (χ0) is 45.1. The number of halogens is 2. The summed E-state index contributed by atoms with van der Waals surface area (Å²) in [7, 11) is 0. The van der Waals surface area contributed by atoms with Crippen molar-refractivity contribution in [3.8, 4) is 11.3 Å². The Morgan fingerprint density at radius 1 is 0.938 bits per heavy atom. The fraction of sp³-hybridized carbons (Fsp3) is 0.386. The first kappa shape index (κ1) is 44.4. The topological polar surface area (TPSA) is 194 Å². The van der Waals surface area contributed by atoms with Gasteiger partial charge in [-0.25, -0.2) is 28.7 Å². The third-order valence-corrected chi connectivity index (χ3v) is 12.2. The van der Waals surface area contributed by atoms with Crippen LogP contribution in [0.25, 0.3) is 22.3 Å². The van der Waals surface area contributed by atoms with E-state index >= 15 is 8.78 Å². The number of aryl methyl sites for hydroxylation is 1. The van der Waals surface area contributed by atoms with E-state index in [1.54, 1.807) is 48.4 Å². The van der Waals surface area contributed by atoms with Crippen molar-refractivity contribution in [2.24, 2.45) is 0 Å². The van der Waals surface area contributed by atoms with Gasteiger partial charge in [0, 0.05) is 67.6 Å². The molecule has 0 radical (unpaired) electrons. The van der Waals surface area contributed by atoms with Gasteiger partial charge >= 0.3 is 0 Å². The maximum Gasteiger partial charge on any atom is 0.263 e. The highest BCUT2D eigenvalue weighted by Crippen LogP contribution is 2.35. The van der Waals surface area contributed by atoms with Gasteiger partial charge in [0.15, 0.2) is 11.6 Å². The standard InChI is InChI=1S/C44H46F2N10O7S/c1-25(2)55-26(3)49-40-30(45)19-28(20-33(40)55)39-31(46)22-48-44(52-39)50-35-9-7-27(21-47-35)23-53-11-13-54(14-12-53)37(58)24-63-16-15-62-17-18-64-34-6-4-5-29-38(34)43(61)56(42(29)60)32-8-10-36(57)51-41(32)59/h4-7,9,19-22,25,32H,8,10-18,23-24H2,1-3H3,(H,51,57,59)(H,47,48,50,52). The SMILES string of the molecule is Cc1nc2c(F)cc(-c3nc(Nc4ccc(CN5CCN(C(=O)COCCOCCSc6cccc7c6C(=O)N(C6CCC(=O)NC6=O)C7=O)CC5)cn4)ncc3F)cc2n1C(C)C. The molecule has 20 heteroatoms. The molecule has 2 N–H and O–H groups in total. The Hall–Kier alpha value is -6.22. The van der Waals surface area contributed by atoms with E-state index in [0.29, 0.717) is 67.1 Å². The van der Waals surface area contributed by atoms with Gasteiger partial charge < -0.3 is 24.3 Å². The number of benzene rings is 2. The average Bonchev–Trinajstić information content (AvgIpc) is 3.75. The number of piperazine rings is 1. The van der Waals surface area contributed by atoms with Crippen LogP contribution in [0.4, 0.5) is 20.5 Å². The number of nitrogens with zero attached hydrogens (tertiary/aromatic N) is 8. The van der Waals surface area contributed by atoms with E-state index in [4.69, 9.17) is 9.47 Å². The minimum absolute atomic E-state index is 0.0201. The lowest BCUT2D eigenvalue weighted by atomic mass is 10.0. The van der Waals surface area contributed by atoms with Crippen LogP contribution in [0.2, 0.25) is 0 Å². The highest BCUT2D eigenvalue weighted by Gasteiger charge is 2.45. The van der Waals surface area contributed by atoms with E-state index in [1.165, 1.54) is 17.8 Å². The third kappa shape index (κ3) is 9.49. The second kappa shape index (κ2) is 19.3. The average molecular weight is 897 g/mol. The predicted octanol–water partition coefficient (Wildman–Crippen LogP) is 4.67. The molecule has 0 saturated carbocycles. The van der Waals surface area contributed by atoms with Gasteiger partial charge in [-0.3, -0.25) is 39.1 Å². The largest absolute Gasteiger partial charge is 0.378 e. The molecule has 8 rings (SSSR count). The number of amides is 5. The predicted molar refractivity (Wildman–Crippen MR) is 231 cm³/mol. The van der Waals surface area contributed by atoms with Crippen LogP contribution in [0.3, 0.4) is 0 Å². The van der Waals surface area contributed by atoms with E-state index in [-0.39, 0.29) is 78.5 Å². The lowest BCUT2D eigenvalue weighted by molar-refractivity contribution is -0.138. The van der Waals surface area contributed by atoms with Gasteiger partial charge in [-0.2, -0.15) is 0 Å². The summed E-state index contributed by atoms with van der Waals surface area (Å²) in [5.74, 6) is -1.85. The summed E-state index contributed by atoms with van der Waals surface area (Å²) >= 11 is 1.35. The van der Waals surface area contributed by atoms with Crippen LogP contribution >= 0.6 is 11.8 Å². The lowest BCUT2D eigenvalue weighted by Crippen LogP contribution is -2.54. The Kier molecular flexibility index (Phi) is 13.4. The van der Waals surface area contributed by atoms with Crippen molar-refractivity contribution in [2.75, 3.05) is 63.7 Å². The summed E-state index contributed by atoms with van der Waals surface area (Å²) in [6.07, 6.45) is 2.91. The van der Waals surface area contributed by atoms with Crippen LogP contribution in [0.1, 0.15) is 64.8 Å². The number of piperidine rings is 1. The molecular formula is C44H46F2N10O7S. The number of ether oxygens (including phenoxy) is 2. The number of imide groups is 2. The Morgan fingerprint density at radius 2 is 1.73 bits per heavy atom. The van der Waals surface area contributed by atoms with Gasteiger partial charge in [0.1, 0.15) is 35.5 Å². The molecule has 334 valence electrons. The molecule has 3 aliphatic heterocycles. The second-order valence-electron chi connectivity index (χ2n) is 15.8. The lowest BCUT2D eigenvalue weighted by Gasteiger charge is -2.34. The van der Waals surface area contributed by atoms with Crippen LogP contribution in [0.15, 0.2) is 59.8 Å². The molecule has 2 aromatic carbocycles. The van der Waals surface area contributed by atoms with Crippen molar-refractivity contribution in [3.63, 3.8) is 0 Å². The molecule has 2 fully saturated rings. The van der Waals surface area contributed by atoms with Crippen molar-refractivity contribution < 1.29 is 42.2 Å². The van der Waals surface area contributed by atoms with Crippen molar-refractivity contribution in [1.82, 2.24) is 44.5 Å². The number of rotatable bonds is 16. The number of aromatic nitrogens is 5. The quantitative estimate of drug-likeness (QED) is 0.0789. The van der Waals surface area contributed by atoms with Gasteiger partial charge in [0.2, 0.25) is 23.7 Å². The first-order chi connectivity index (χ1) is 30.9. The van der Waals surface area contributed by atoms with Crippen LogP contribution in [0, 0.1) is 18.6 Å². The molecule has 5 aromatic rings. The molecule has 1 unspecified atom stereocenters. The van der Waals surface area contributed by atoms with Gasteiger partial charge in [-0.15, -0.1) is 11.8 Å². The van der Waals surface area contributed by atoms with Crippen molar-refractivity contribution in [2.45, 2.75) is 57.1 Å². The van der Waals surface area contributed by atoms with Gasteiger partial charge in [-0.1, -0.05) is 12.1 Å². The zero-order valence-electron chi connectivity index (χ0n) is 35.4. The molecule has 6 heterocycles. The van der Waals surface area contributed by atoms with Crippen LogP contribution in [-0.4, -0.2) is 133 Å².